The second-order valence-corrected chi connectivity index (χ2v) is 6.28. The van der Waals surface area contributed by atoms with Gasteiger partial charge in [-0.05, 0) is 48.8 Å². The highest BCUT2D eigenvalue weighted by Gasteiger charge is 2.13. The van der Waals surface area contributed by atoms with Gasteiger partial charge in [0.25, 0.3) is 0 Å². The van der Waals surface area contributed by atoms with E-state index < -0.39 is 0 Å². The summed E-state index contributed by atoms with van der Waals surface area (Å²) in [5.41, 5.74) is 0.439. The molecule has 0 unspecified atom stereocenters. The topological polar surface area (TPSA) is 70.2 Å². The van der Waals surface area contributed by atoms with Crippen LogP contribution >= 0.6 is 15.9 Å². The molecule has 0 aliphatic rings. The summed E-state index contributed by atoms with van der Waals surface area (Å²) < 4.78 is 0.818. The fourth-order valence-corrected chi connectivity index (χ4v) is 1.89. The highest BCUT2D eigenvalue weighted by atomic mass is 79.9. The molecule has 0 bridgehead atoms. The van der Waals surface area contributed by atoms with Gasteiger partial charge < -0.3 is 10.6 Å². The molecule has 1 aromatic carbocycles. The first-order valence-corrected chi connectivity index (χ1v) is 7.13. The minimum Gasteiger partial charge on any atom is -0.350 e. The molecular weight excluding hydrogens is 322 g/mol. The maximum absolute atomic E-state index is 11.7. The van der Waals surface area contributed by atoms with E-state index in [2.05, 4.69) is 31.9 Å². The quantitative estimate of drug-likeness (QED) is 0.765. The number of amides is 2. The summed E-state index contributed by atoms with van der Waals surface area (Å²) in [5.74, 6) is -0.327. The molecule has 0 saturated carbocycles. The molecule has 0 fully saturated rings. The average Bonchev–Trinajstić information content (AvgIpc) is 2.29. The van der Waals surface area contributed by atoms with Crippen molar-refractivity contribution < 1.29 is 9.59 Å². The molecule has 0 radical (unpaired) electrons. The van der Waals surface area contributed by atoms with Gasteiger partial charge in [-0.25, -0.2) is 0 Å². The largest absolute Gasteiger partial charge is 0.350 e. The molecule has 0 aromatic heterocycles. The summed E-state index contributed by atoms with van der Waals surface area (Å²) in [7, 11) is 0. The predicted octanol–water partition coefficient (Wildman–Crippen LogP) is 1.89. The highest BCUT2D eigenvalue weighted by molar-refractivity contribution is 9.10. The molecule has 0 spiro atoms. The van der Waals surface area contributed by atoms with E-state index >= 15 is 0 Å². The van der Waals surface area contributed by atoms with Gasteiger partial charge in [-0.1, -0.05) is 12.1 Å². The number of benzene rings is 1. The van der Waals surface area contributed by atoms with E-state index in [4.69, 9.17) is 0 Å². The second-order valence-electron chi connectivity index (χ2n) is 5.43. The zero-order valence-electron chi connectivity index (χ0n) is 11.9. The number of rotatable bonds is 5. The lowest BCUT2D eigenvalue weighted by molar-refractivity contribution is -0.121. The molecule has 1 rings (SSSR count). The molecule has 3 N–H and O–H groups in total. The standard InChI is InChI=1S/C14H20BrN3O2/c1-14(2,3)18-13(20)9-16-8-12(19)17-11-7-5-4-6-10(11)15/h4-7,16H,8-9H2,1-3H3,(H,17,19)(H,18,20). The van der Waals surface area contributed by atoms with E-state index in [1.165, 1.54) is 0 Å². The average molecular weight is 342 g/mol. The highest BCUT2D eigenvalue weighted by Crippen LogP contribution is 2.20. The first-order chi connectivity index (χ1) is 9.28. The van der Waals surface area contributed by atoms with E-state index in [0.29, 0.717) is 5.69 Å². The van der Waals surface area contributed by atoms with Gasteiger partial charge in [0.05, 0.1) is 18.8 Å². The molecule has 0 heterocycles. The fourth-order valence-electron chi connectivity index (χ4n) is 1.51. The summed E-state index contributed by atoms with van der Waals surface area (Å²) in [5, 5.41) is 8.37. The summed E-state index contributed by atoms with van der Waals surface area (Å²) in [4.78, 5) is 23.2. The van der Waals surface area contributed by atoms with Crippen molar-refractivity contribution in [2.75, 3.05) is 18.4 Å². The van der Waals surface area contributed by atoms with Crippen molar-refractivity contribution in [3.63, 3.8) is 0 Å². The van der Waals surface area contributed by atoms with E-state index in [1.54, 1.807) is 6.07 Å². The Hall–Kier alpha value is -1.40. The summed E-state index contributed by atoms with van der Waals surface area (Å²) >= 11 is 3.35. The van der Waals surface area contributed by atoms with Gasteiger partial charge in [-0.15, -0.1) is 0 Å². The Morgan fingerprint density at radius 2 is 1.70 bits per heavy atom. The lowest BCUT2D eigenvalue weighted by Gasteiger charge is -2.20. The third kappa shape index (κ3) is 6.68. The van der Waals surface area contributed by atoms with Gasteiger partial charge in [0.1, 0.15) is 0 Å². The lowest BCUT2D eigenvalue weighted by atomic mass is 10.1. The van der Waals surface area contributed by atoms with Gasteiger partial charge in [0.2, 0.25) is 11.8 Å². The third-order valence-electron chi connectivity index (χ3n) is 2.23. The number of halogens is 1. The van der Waals surface area contributed by atoms with Crippen LogP contribution in [0, 0.1) is 0 Å². The van der Waals surface area contributed by atoms with Crippen molar-refractivity contribution in [2.24, 2.45) is 0 Å². The van der Waals surface area contributed by atoms with Gasteiger partial charge in [-0.3, -0.25) is 14.9 Å². The number of para-hydroxylation sites is 1. The van der Waals surface area contributed by atoms with Gasteiger partial charge >= 0.3 is 0 Å². The van der Waals surface area contributed by atoms with E-state index in [9.17, 15) is 9.59 Å². The van der Waals surface area contributed by atoms with Crippen LogP contribution in [0.15, 0.2) is 28.7 Å². The minimum absolute atomic E-state index is 0.0822. The number of nitrogens with one attached hydrogen (secondary N) is 3. The summed E-state index contributed by atoms with van der Waals surface area (Å²) in [6, 6.07) is 7.35. The van der Waals surface area contributed by atoms with Crippen LogP contribution in [0.4, 0.5) is 5.69 Å². The Morgan fingerprint density at radius 3 is 2.30 bits per heavy atom. The normalized spacial score (nSPS) is 11.0. The Balaban J connectivity index is 2.31. The fraction of sp³-hybridized carbons (Fsp3) is 0.429. The third-order valence-corrected chi connectivity index (χ3v) is 2.92. The Labute approximate surface area is 127 Å². The van der Waals surface area contributed by atoms with Crippen molar-refractivity contribution in [3.8, 4) is 0 Å². The molecule has 0 aliphatic heterocycles. The first-order valence-electron chi connectivity index (χ1n) is 6.34. The predicted molar refractivity (Wildman–Crippen MR) is 83.5 cm³/mol. The van der Waals surface area contributed by atoms with Crippen molar-refractivity contribution in [2.45, 2.75) is 26.3 Å². The summed E-state index contributed by atoms with van der Waals surface area (Å²) in [6.45, 7) is 5.92. The molecule has 110 valence electrons. The second kappa shape index (κ2) is 7.40. The van der Waals surface area contributed by atoms with Crippen LogP contribution in [0.25, 0.3) is 0 Å². The molecule has 2 amide bonds. The molecular formula is C14H20BrN3O2. The van der Waals surface area contributed by atoms with Crippen LogP contribution in [0.5, 0.6) is 0 Å². The van der Waals surface area contributed by atoms with E-state index in [0.717, 1.165) is 4.47 Å². The van der Waals surface area contributed by atoms with Crippen LogP contribution in [0.3, 0.4) is 0 Å². The van der Waals surface area contributed by atoms with E-state index in [-0.39, 0.29) is 30.4 Å². The molecule has 0 aliphatic carbocycles. The lowest BCUT2D eigenvalue weighted by Crippen LogP contribution is -2.45. The van der Waals surface area contributed by atoms with Crippen LogP contribution < -0.4 is 16.0 Å². The number of hydrogen-bond donors (Lipinski definition) is 3. The van der Waals surface area contributed by atoms with Crippen LogP contribution in [-0.2, 0) is 9.59 Å². The molecule has 1 aromatic rings. The maximum Gasteiger partial charge on any atom is 0.238 e. The number of carbonyl (C=O) groups is 2. The Kier molecular flexibility index (Phi) is 6.16. The molecule has 0 atom stereocenters. The molecule has 20 heavy (non-hydrogen) atoms. The van der Waals surface area contributed by atoms with Crippen LogP contribution in [-0.4, -0.2) is 30.4 Å². The first kappa shape index (κ1) is 16.7. The van der Waals surface area contributed by atoms with Gasteiger partial charge in [0, 0.05) is 10.0 Å². The number of anilines is 1. The molecule has 0 saturated heterocycles. The zero-order chi connectivity index (χ0) is 15.2. The van der Waals surface area contributed by atoms with E-state index in [1.807, 2.05) is 39.0 Å². The number of hydrogen-bond acceptors (Lipinski definition) is 3. The minimum atomic E-state index is -0.268. The number of carbonyl (C=O) groups excluding carboxylic acids is 2. The molecule has 6 heteroatoms. The van der Waals surface area contributed by atoms with Crippen molar-refractivity contribution >= 4 is 33.4 Å². The van der Waals surface area contributed by atoms with Gasteiger partial charge in [-0.2, -0.15) is 0 Å². The zero-order valence-corrected chi connectivity index (χ0v) is 13.5. The smallest absolute Gasteiger partial charge is 0.238 e. The Morgan fingerprint density at radius 1 is 1.10 bits per heavy atom. The monoisotopic (exact) mass is 341 g/mol. The van der Waals surface area contributed by atoms with Crippen molar-refractivity contribution in [1.82, 2.24) is 10.6 Å². The van der Waals surface area contributed by atoms with Crippen LogP contribution in [0.2, 0.25) is 0 Å². The SMILES string of the molecule is CC(C)(C)NC(=O)CNCC(=O)Nc1ccccc1Br. The molecule has 5 nitrogen and oxygen atoms in total. The van der Waals surface area contributed by atoms with Crippen molar-refractivity contribution in [1.29, 1.82) is 0 Å². The van der Waals surface area contributed by atoms with Crippen molar-refractivity contribution in [3.05, 3.63) is 28.7 Å². The van der Waals surface area contributed by atoms with Crippen LogP contribution in [0.1, 0.15) is 20.8 Å². The maximum atomic E-state index is 11.7. The summed E-state index contributed by atoms with van der Waals surface area (Å²) in [6.07, 6.45) is 0. The Bertz CT molecular complexity index is 484. The van der Waals surface area contributed by atoms with Gasteiger partial charge in [0.15, 0.2) is 0 Å².